The van der Waals surface area contributed by atoms with Gasteiger partial charge in [0.2, 0.25) is 0 Å². The lowest BCUT2D eigenvalue weighted by molar-refractivity contribution is 0.0693. The van der Waals surface area contributed by atoms with Crippen molar-refractivity contribution in [1.82, 2.24) is 9.38 Å². The van der Waals surface area contributed by atoms with Crippen molar-refractivity contribution in [2.24, 2.45) is 0 Å². The number of hydrogen-bond donors (Lipinski definition) is 2. The molecule has 0 bridgehead atoms. The maximum Gasteiger partial charge on any atom is 0.356 e. The highest BCUT2D eigenvalue weighted by atomic mass is 32.1. The van der Waals surface area contributed by atoms with E-state index < -0.39 is 5.97 Å². The van der Waals surface area contributed by atoms with Crippen LogP contribution in [0, 0.1) is 6.92 Å². The highest BCUT2D eigenvalue weighted by Crippen LogP contribution is 2.30. The average molecular weight is 273 g/mol. The van der Waals surface area contributed by atoms with E-state index in [1.807, 2.05) is 19.1 Å². The fourth-order valence-electron chi connectivity index (χ4n) is 2.04. The highest BCUT2D eigenvalue weighted by molar-refractivity contribution is 7.15. The molecule has 96 valence electrons. The van der Waals surface area contributed by atoms with E-state index in [0.717, 1.165) is 9.75 Å². The van der Waals surface area contributed by atoms with Crippen LogP contribution in [0.3, 0.4) is 0 Å². The fraction of sp³-hybridized carbons (Fsp3) is 0.0769. The van der Waals surface area contributed by atoms with E-state index in [-0.39, 0.29) is 5.69 Å². The molecule has 0 spiro atoms. The van der Waals surface area contributed by atoms with E-state index in [2.05, 4.69) is 4.98 Å². The molecule has 0 radical (unpaired) electrons. The number of fused-ring (bicyclic) bond motifs is 1. The Labute approximate surface area is 112 Å². The number of carbonyl (C=O) groups is 1. The molecule has 3 rings (SSSR count). The lowest BCUT2D eigenvalue weighted by Gasteiger charge is -2.02. The minimum Gasteiger partial charge on any atom is -0.476 e. The third kappa shape index (κ3) is 1.77. The third-order valence-corrected chi connectivity index (χ3v) is 3.85. The van der Waals surface area contributed by atoms with Gasteiger partial charge in [-0.2, -0.15) is 0 Å². The summed E-state index contributed by atoms with van der Waals surface area (Å²) < 4.78 is 1.68. The van der Waals surface area contributed by atoms with Crippen molar-refractivity contribution in [3.63, 3.8) is 0 Å². The molecule has 3 N–H and O–H groups in total. The summed E-state index contributed by atoms with van der Waals surface area (Å²) in [5.74, 6) is -0.00946. The predicted molar refractivity (Wildman–Crippen MR) is 74.6 cm³/mol. The molecule has 0 fully saturated rings. The molecule has 0 atom stereocenters. The Balaban J connectivity index is 2.39. The number of nitrogen functional groups attached to an aromatic ring is 1. The maximum atomic E-state index is 11.3. The number of pyridine rings is 1. The van der Waals surface area contributed by atoms with E-state index in [9.17, 15) is 9.90 Å². The van der Waals surface area contributed by atoms with Crippen molar-refractivity contribution < 1.29 is 9.90 Å². The van der Waals surface area contributed by atoms with Gasteiger partial charge in [-0.05, 0) is 31.2 Å². The van der Waals surface area contributed by atoms with Crippen molar-refractivity contribution in [3.05, 3.63) is 40.9 Å². The van der Waals surface area contributed by atoms with E-state index in [1.165, 1.54) is 0 Å². The van der Waals surface area contributed by atoms with E-state index in [4.69, 9.17) is 5.73 Å². The zero-order valence-electron chi connectivity index (χ0n) is 10.1. The number of thiophene rings is 1. The summed E-state index contributed by atoms with van der Waals surface area (Å²) in [5, 5.41) is 9.23. The molecule has 6 heteroatoms. The van der Waals surface area contributed by atoms with Gasteiger partial charge in [0, 0.05) is 4.88 Å². The molecule has 3 heterocycles. The zero-order valence-corrected chi connectivity index (χ0v) is 10.9. The van der Waals surface area contributed by atoms with Crippen LogP contribution in [-0.4, -0.2) is 20.5 Å². The molecule has 3 aromatic heterocycles. The van der Waals surface area contributed by atoms with E-state index in [0.29, 0.717) is 17.2 Å². The second-order valence-corrected chi connectivity index (χ2v) is 5.46. The summed E-state index contributed by atoms with van der Waals surface area (Å²) in [6, 6.07) is 9.05. The number of aromatic carboxylic acids is 1. The quantitative estimate of drug-likeness (QED) is 0.752. The van der Waals surface area contributed by atoms with Crippen molar-refractivity contribution in [1.29, 1.82) is 0 Å². The van der Waals surface area contributed by atoms with Crippen LogP contribution in [0.25, 0.3) is 16.2 Å². The van der Waals surface area contributed by atoms with Crippen LogP contribution in [-0.2, 0) is 0 Å². The summed E-state index contributed by atoms with van der Waals surface area (Å²) in [7, 11) is 0. The van der Waals surface area contributed by atoms with E-state index >= 15 is 0 Å². The monoisotopic (exact) mass is 273 g/mol. The number of nitrogens with two attached hydrogens (primary N) is 1. The van der Waals surface area contributed by atoms with Gasteiger partial charge < -0.3 is 10.8 Å². The van der Waals surface area contributed by atoms with Crippen LogP contribution < -0.4 is 5.73 Å². The normalized spacial score (nSPS) is 11.0. The van der Waals surface area contributed by atoms with Gasteiger partial charge in [-0.3, -0.25) is 4.40 Å². The number of nitrogens with zero attached hydrogens (tertiary/aromatic N) is 2. The van der Waals surface area contributed by atoms with Gasteiger partial charge in [-0.1, -0.05) is 6.07 Å². The Morgan fingerprint density at radius 3 is 2.79 bits per heavy atom. The first-order valence-corrected chi connectivity index (χ1v) is 6.46. The number of carboxylic acid groups (broad SMARTS) is 1. The number of carboxylic acids is 1. The minimum absolute atomic E-state index is 0.0216. The summed E-state index contributed by atoms with van der Waals surface area (Å²) in [6.45, 7) is 1.99. The Hall–Kier alpha value is -2.34. The van der Waals surface area contributed by atoms with Gasteiger partial charge in [-0.25, -0.2) is 9.78 Å². The van der Waals surface area contributed by atoms with Crippen LogP contribution >= 0.6 is 11.3 Å². The SMILES string of the molecule is Cc1ccc(-c2nc(C(=O)O)c3cccc(N)n23)s1. The van der Waals surface area contributed by atoms with Crippen LogP contribution in [0.1, 0.15) is 15.4 Å². The number of aromatic nitrogens is 2. The number of anilines is 1. The number of hydrogen-bond acceptors (Lipinski definition) is 4. The number of imidazole rings is 1. The van der Waals surface area contributed by atoms with Crippen LogP contribution in [0.5, 0.6) is 0 Å². The van der Waals surface area contributed by atoms with Gasteiger partial charge in [0.15, 0.2) is 11.5 Å². The van der Waals surface area contributed by atoms with Gasteiger partial charge >= 0.3 is 5.97 Å². The molecule has 0 aromatic carbocycles. The highest BCUT2D eigenvalue weighted by Gasteiger charge is 2.19. The minimum atomic E-state index is -1.05. The molecule has 5 nitrogen and oxygen atoms in total. The van der Waals surface area contributed by atoms with Crippen LogP contribution in [0.4, 0.5) is 5.82 Å². The van der Waals surface area contributed by atoms with Gasteiger partial charge in [0.1, 0.15) is 5.82 Å². The van der Waals surface area contributed by atoms with Crippen molar-refractivity contribution in [2.45, 2.75) is 6.92 Å². The summed E-state index contributed by atoms with van der Waals surface area (Å²) in [6.07, 6.45) is 0. The summed E-state index contributed by atoms with van der Waals surface area (Å²) in [4.78, 5) is 17.5. The zero-order chi connectivity index (χ0) is 13.6. The molecule has 0 unspecified atom stereocenters. The van der Waals surface area contributed by atoms with Gasteiger partial charge in [-0.15, -0.1) is 11.3 Å². The molecule has 3 aromatic rings. The van der Waals surface area contributed by atoms with E-state index in [1.54, 1.807) is 33.9 Å². The first-order valence-electron chi connectivity index (χ1n) is 5.65. The number of rotatable bonds is 2. The second kappa shape index (κ2) is 4.10. The Kier molecular flexibility index (Phi) is 2.53. The summed E-state index contributed by atoms with van der Waals surface area (Å²) in [5.41, 5.74) is 6.48. The third-order valence-electron chi connectivity index (χ3n) is 2.86. The molecule has 0 aliphatic heterocycles. The van der Waals surface area contributed by atoms with Crippen LogP contribution in [0.2, 0.25) is 0 Å². The molecular formula is C13H11N3O2S. The molecule has 0 saturated heterocycles. The maximum absolute atomic E-state index is 11.3. The standard InChI is InChI=1S/C13H11N3O2S/c1-7-5-6-9(19-7)12-15-11(13(17)18)8-3-2-4-10(14)16(8)12/h2-6H,14H2,1H3,(H,17,18). The van der Waals surface area contributed by atoms with Gasteiger partial charge in [0.25, 0.3) is 0 Å². The molecule has 0 amide bonds. The number of aryl methyl sites for hydroxylation is 1. The first kappa shape index (κ1) is 11.7. The van der Waals surface area contributed by atoms with Crippen molar-refractivity contribution in [2.75, 3.05) is 5.73 Å². The Morgan fingerprint density at radius 2 is 2.16 bits per heavy atom. The second-order valence-electron chi connectivity index (χ2n) is 4.17. The first-order chi connectivity index (χ1) is 9.08. The summed E-state index contributed by atoms with van der Waals surface area (Å²) >= 11 is 1.56. The molecule has 19 heavy (non-hydrogen) atoms. The fourth-order valence-corrected chi connectivity index (χ4v) is 2.89. The van der Waals surface area contributed by atoms with Crippen molar-refractivity contribution in [3.8, 4) is 10.7 Å². The largest absolute Gasteiger partial charge is 0.476 e. The topological polar surface area (TPSA) is 80.6 Å². The lowest BCUT2D eigenvalue weighted by Crippen LogP contribution is -1.99. The molecular weight excluding hydrogens is 262 g/mol. The molecule has 0 saturated carbocycles. The smallest absolute Gasteiger partial charge is 0.356 e. The lowest BCUT2D eigenvalue weighted by atomic mass is 10.3. The van der Waals surface area contributed by atoms with Gasteiger partial charge in [0.05, 0.1) is 10.4 Å². The average Bonchev–Trinajstić information content (AvgIpc) is 2.93. The van der Waals surface area contributed by atoms with Crippen molar-refractivity contribution >= 4 is 28.6 Å². The Bertz CT molecular complexity index is 788. The Morgan fingerprint density at radius 1 is 1.37 bits per heavy atom. The molecule has 0 aliphatic rings. The predicted octanol–water partition coefficient (Wildman–Crippen LogP) is 2.65. The van der Waals surface area contributed by atoms with Crippen LogP contribution in [0.15, 0.2) is 30.3 Å². The molecule has 0 aliphatic carbocycles.